The number of rotatable bonds is 8. The number of esters is 1. The molecule has 0 aliphatic heterocycles. The molecule has 0 radical (unpaired) electrons. The summed E-state index contributed by atoms with van der Waals surface area (Å²) in [6.45, 7) is 3.68. The predicted octanol–water partition coefficient (Wildman–Crippen LogP) is 4.66. The van der Waals surface area contributed by atoms with Crippen LogP contribution in [-0.4, -0.2) is 35.7 Å². The second-order valence-electron chi connectivity index (χ2n) is 9.70. The van der Waals surface area contributed by atoms with Gasteiger partial charge in [0, 0.05) is 5.92 Å². The zero-order valence-corrected chi connectivity index (χ0v) is 19.5. The van der Waals surface area contributed by atoms with Crippen molar-refractivity contribution < 1.29 is 42.5 Å². The van der Waals surface area contributed by atoms with Gasteiger partial charge in [-0.25, -0.2) is 9.59 Å². The van der Waals surface area contributed by atoms with E-state index >= 15 is 0 Å². The minimum Gasteiger partial charge on any atom is -0.544 e. The van der Waals surface area contributed by atoms with Gasteiger partial charge < -0.3 is 24.1 Å². The van der Waals surface area contributed by atoms with E-state index in [-0.39, 0.29) is 17.2 Å². The van der Waals surface area contributed by atoms with Crippen molar-refractivity contribution in [2.24, 2.45) is 11.8 Å². The average Bonchev–Trinajstić information content (AvgIpc) is 3.34. The average molecular weight is 482 g/mol. The summed E-state index contributed by atoms with van der Waals surface area (Å²) in [7, 11) is 0. The molecule has 3 rings (SSSR count). The summed E-state index contributed by atoms with van der Waals surface area (Å²) < 4.78 is 44.3. The summed E-state index contributed by atoms with van der Waals surface area (Å²) in [5.74, 6) is -8.38. The zero-order chi connectivity index (χ0) is 24.9. The number of hydrogen-bond donors (Lipinski definition) is 0. The molecule has 0 spiro atoms. The molecule has 34 heavy (non-hydrogen) atoms. The quantitative estimate of drug-likeness (QED) is 0.393. The second kappa shape index (κ2) is 10.7. The molecule has 1 atom stereocenters. The zero-order valence-electron chi connectivity index (χ0n) is 19.5. The Morgan fingerprint density at radius 3 is 2.06 bits per heavy atom. The molecular formula is C25H31F2O7-. The van der Waals surface area contributed by atoms with Gasteiger partial charge >= 0.3 is 18.0 Å². The van der Waals surface area contributed by atoms with Crippen molar-refractivity contribution in [1.29, 1.82) is 0 Å². The van der Waals surface area contributed by atoms with Crippen molar-refractivity contribution in [3.8, 4) is 5.75 Å². The summed E-state index contributed by atoms with van der Waals surface area (Å²) in [4.78, 5) is 35.8. The third-order valence-electron chi connectivity index (χ3n) is 6.92. The van der Waals surface area contributed by atoms with Gasteiger partial charge in [0.25, 0.3) is 0 Å². The highest BCUT2D eigenvalue weighted by Crippen LogP contribution is 2.37. The van der Waals surface area contributed by atoms with Gasteiger partial charge in [0.2, 0.25) is 0 Å². The van der Waals surface area contributed by atoms with Crippen LogP contribution in [0, 0.1) is 11.8 Å². The fourth-order valence-electron chi connectivity index (χ4n) is 4.90. The van der Waals surface area contributed by atoms with Gasteiger partial charge in [-0.1, -0.05) is 32.1 Å². The SMILES string of the molecule is CC(C)(OC(=O)Oc1ccc(C(=O)OC(C2CCCCC2)C(F)(F)C(=O)[O-])cc1)C1CCCC1. The van der Waals surface area contributed by atoms with Crippen LogP contribution in [-0.2, 0) is 14.3 Å². The summed E-state index contributed by atoms with van der Waals surface area (Å²) >= 11 is 0. The Balaban J connectivity index is 1.62. The van der Waals surface area contributed by atoms with Gasteiger partial charge in [0.1, 0.15) is 17.3 Å². The van der Waals surface area contributed by atoms with Gasteiger partial charge in [-0.05, 0) is 69.7 Å². The lowest BCUT2D eigenvalue weighted by Crippen LogP contribution is -2.54. The summed E-state index contributed by atoms with van der Waals surface area (Å²) in [6.07, 6.45) is 4.01. The largest absolute Gasteiger partial charge is 0.544 e. The number of hydrogen-bond acceptors (Lipinski definition) is 7. The van der Waals surface area contributed by atoms with Crippen LogP contribution < -0.4 is 9.84 Å². The highest BCUT2D eigenvalue weighted by atomic mass is 19.3. The molecule has 9 heteroatoms. The van der Waals surface area contributed by atoms with E-state index in [9.17, 15) is 28.3 Å². The topological polar surface area (TPSA) is 102 Å². The number of benzene rings is 1. The molecule has 0 amide bonds. The lowest BCUT2D eigenvalue weighted by atomic mass is 9.83. The van der Waals surface area contributed by atoms with Crippen molar-refractivity contribution in [2.45, 2.75) is 89.3 Å². The lowest BCUT2D eigenvalue weighted by molar-refractivity contribution is -0.337. The van der Waals surface area contributed by atoms with E-state index in [1.807, 2.05) is 13.8 Å². The molecule has 1 unspecified atom stereocenters. The Hall–Kier alpha value is -2.71. The van der Waals surface area contributed by atoms with Crippen LogP contribution in [0.2, 0.25) is 0 Å². The normalized spacial score (nSPS) is 18.8. The Morgan fingerprint density at radius 1 is 0.941 bits per heavy atom. The Bertz CT molecular complexity index is 870. The van der Waals surface area contributed by atoms with Crippen LogP contribution in [0.25, 0.3) is 0 Å². The Labute approximate surface area is 197 Å². The number of carbonyl (C=O) groups excluding carboxylic acids is 3. The first kappa shape index (κ1) is 25.9. The third kappa shape index (κ3) is 6.24. The standard InChI is InChI=1S/C25H32F2O7/c1-24(2,18-10-6-7-11-18)34-23(31)32-19-14-12-17(13-15-19)21(28)33-20(25(26,27)22(29)30)16-8-4-3-5-9-16/h12-16,18,20H,3-11H2,1-2H3,(H,29,30)/p-1. The summed E-state index contributed by atoms with van der Waals surface area (Å²) in [5, 5.41) is 11.0. The highest BCUT2D eigenvalue weighted by Gasteiger charge is 2.48. The fourth-order valence-corrected chi connectivity index (χ4v) is 4.90. The van der Waals surface area contributed by atoms with Gasteiger partial charge in [-0.2, -0.15) is 8.78 Å². The fraction of sp³-hybridized carbons (Fsp3) is 0.640. The molecule has 0 heterocycles. The van der Waals surface area contributed by atoms with Crippen molar-refractivity contribution in [3.63, 3.8) is 0 Å². The van der Waals surface area contributed by atoms with E-state index in [1.54, 1.807) is 0 Å². The molecule has 2 aliphatic rings. The number of alkyl halides is 2. The lowest BCUT2D eigenvalue weighted by Gasteiger charge is -2.35. The number of carboxylic acids is 1. The first-order chi connectivity index (χ1) is 16.0. The molecular weight excluding hydrogens is 450 g/mol. The number of ether oxygens (including phenoxy) is 3. The van der Waals surface area contributed by atoms with Crippen LogP contribution in [0.4, 0.5) is 13.6 Å². The van der Waals surface area contributed by atoms with Crippen molar-refractivity contribution >= 4 is 18.1 Å². The maximum Gasteiger partial charge on any atom is 0.514 e. The van der Waals surface area contributed by atoms with Gasteiger partial charge in [-0.3, -0.25) is 0 Å². The molecule has 2 saturated carbocycles. The maximum atomic E-state index is 14.3. The van der Waals surface area contributed by atoms with Crippen LogP contribution in [0.15, 0.2) is 24.3 Å². The van der Waals surface area contributed by atoms with E-state index < -0.39 is 41.6 Å². The molecule has 0 N–H and O–H groups in total. The van der Waals surface area contributed by atoms with Crippen molar-refractivity contribution in [3.05, 3.63) is 29.8 Å². The van der Waals surface area contributed by atoms with E-state index in [0.29, 0.717) is 25.7 Å². The first-order valence-electron chi connectivity index (χ1n) is 11.8. The van der Waals surface area contributed by atoms with Crippen molar-refractivity contribution in [1.82, 2.24) is 0 Å². The summed E-state index contributed by atoms with van der Waals surface area (Å²) in [6, 6.07) is 5.13. The van der Waals surface area contributed by atoms with E-state index in [2.05, 4.69) is 0 Å². The molecule has 2 aliphatic carbocycles. The minimum absolute atomic E-state index is 0.0815. The number of carbonyl (C=O) groups is 3. The van der Waals surface area contributed by atoms with E-state index in [1.165, 1.54) is 24.3 Å². The molecule has 7 nitrogen and oxygen atoms in total. The molecule has 0 saturated heterocycles. The first-order valence-corrected chi connectivity index (χ1v) is 11.8. The van der Waals surface area contributed by atoms with E-state index in [0.717, 1.165) is 32.1 Å². The highest BCUT2D eigenvalue weighted by molar-refractivity contribution is 5.90. The predicted molar refractivity (Wildman–Crippen MR) is 115 cm³/mol. The molecule has 0 bridgehead atoms. The van der Waals surface area contributed by atoms with Gasteiger partial charge in [0.05, 0.1) is 5.56 Å². The van der Waals surface area contributed by atoms with Crippen LogP contribution in [0.5, 0.6) is 5.75 Å². The Morgan fingerprint density at radius 2 is 1.50 bits per heavy atom. The Kier molecular flexibility index (Phi) is 8.15. The number of halogens is 2. The third-order valence-corrected chi connectivity index (χ3v) is 6.92. The van der Waals surface area contributed by atoms with Gasteiger partial charge in [0.15, 0.2) is 6.10 Å². The second-order valence-corrected chi connectivity index (χ2v) is 9.70. The molecule has 1 aromatic carbocycles. The molecule has 1 aromatic rings. The smallest absolute Gasteiger partial charge is 0.514 e. The van der Waals surface area contributed by atoms with Crippen LogP contribution >= 0.6 is 0 Å². The van der Waals surface area contributed by atoms with Gasteiger partial charge in [-0.15, -0.1) is 0 Å². The summed E-state index contributed by atoms with van der Waals surface area (Å²) in [5.41, 5.74) is -0.752. The molecule has 0 aromatic heterocycles. The minimum atomic E-state index is -4.31. The monoisotopic (exact) mass is 481 g/mol. The van der Waals surface area contributed by atoms with Crippen LogP contribution in [0.1, 0.15) is 82.0 Å². The molecule has 2 fully saturated rings. The van der Waals surface area contributed by atoms with Crippen LogP contribution in [0.3, 0.4) is 0 Å². The maximum absolute atomic E-state index is 14.3. The number of aliphatic carboxylic acids is 1. The van der Waals surface area contributed by atoms with E-state index in [4.69, 9.17) is 14.2 Å². The molecule has 188 valence electrons. The van der Waals surface area contributed by atoms with Crippen molar-refractivity contribution in [2.75, 3.05) is 0 Å². The number of carboxylic acid groups (broad SMARTS) is 1.